The number of nitrogens with zero attached hydrogens (tertiary/aromatic N) is 2. The molecule has 2 aromatic rings. The average molecular weight is 436 g/mol. The second-order valence-corrected chi connectivity index (χ2v) is 6.98. The van der Waals surface area contributed by atoms with Gasteiger partial charge in [-0.25, -0.2) is 0 Å². The Morgan fingerprint density at radius 1 is 0.656 bits per heavy atom. The molecule has 0 spiro atoms. The first-order chi connectivity index (χ1) is 15.2. The van der Waals surface area contributed by atoms with Crippen molar-refractivity contribution in [2.24, 2.45) is 0 Å². The van der Waals surface area contributed by atoms with Crippen LogP contribution < -0.4 is 18.9 Å². The number of hydrogen-bond donors (Lipinski definition) is 0. The quantitative estimate of drug-likeness (QED) is 0.588. The van der Waals surface area contributed by atoms with E-state index >= 15 is 0 Å². The van der Waals surface area contributed by atoms with Crippen LogP contribution in [-0.4, -0.2) is 40.0 Å². The summed E-state index contributed by atoms with van der Waals surface area (Å²) >= 11 is 0. The largest absolute Gasteiger partial charge is 0.493 e. The Labute approximate surface area is 186 Å². The van der Waals surface area contributed by atoms with Crippen LogP contribution in [0.4, 0.5) is 0 Å². The van der Waals surface area contributed by atoms with Gasteiger partial charge in [0.1, 0.15) is 0 Å². The Hall–Kier alpha value is -4.04. The number of ketones is 2. The van der Waals surface area contributed by atoms with Gasteiger partial charge in [-0.05, 0) is 49.2 Å². The monoisotopic (exact) mass is 436 g/mol. The first kappa shape index (κ1) is 24.2. The molecule has 0 aliphatic carbocycles. The maximum atomic E-state index is 13.2. The van der Waals surface area contributed by atoms with Crippen molar-refractivity contribution in [2.75, 3.05) is 28.4 Å². The first-order valence-corrected chi connectivity index (χ1v) is 9.53. The number of methoxy groups -OCH3 is 4. The van der Waals surface area contributed by atoms with Crippen LogP contribution in [0.25, 0.3) is 0 Å². The van der Waals surface area contributed by atoms with E-state index in [1.807, 2.05) is 12.1 Å². The van der Waals surface area contributed by atoms with Gasteiger partial charge >= 0.3 is 0 Å². The van der Waals surface area contributed by atoms with E-state index in [9.17, 15) is 20.1 Å². The summed E-state index contributed by atoms with van der Waals surface area (Å²) in [5.41, 5.74) is -4.13. The summed E-state index contributed by atoms with van der Waals surface area (Å²) in [5.74, 6) is -0.147. The number of ether oxygens (including phenoxy) is 4. The summed E-state index contributed by atoms with van der Waals surface area (Å²) in [7, 11) is 5.69. The van der Waals surface area contributed by atoms with Gasteiger partial charge in [0.15, 0.2) is 45.4 Å². The lowest BCUT2D eigenvalue weighted by Crippen LogP contribution is -2.56. The minimum atomic E-state index is -2.19. The topological polar surface area (TPSA) is 119 Å². The standard InChI is InChI=1S/C24H24N2O6/c1-15(27)23(13-25,17-7-9-19(29-3)21(11-17)31-5)24(14-26,16(2)28)18-8-10-20(30-4)22(12-18)32-6/h7-12H,1-6H3. The molecule has 0 fully saturated rings. The van der Waals surface area contributed by atoms with Gasteiger partial charge < -0.3 is 18.9 Å². The van der Waals surface area contributed by atoms with Gasteiger partial charge in [-0.15, -0.1) is 0 Å². The van der Waals surface area contributed by atoms with Gasteiger partial charge in [-0.2, -0.15) is 10.5 Å². The molecule has 8 heteroatoms. The van der Waals surface area contributed by atoms with E-state index in [4.69, 9.17) is 18.9 Å². The number of hydrogen-bond acceptors (Lipinski definition) is 8. The first-order valence-electron chi connectivity index (χ1n) is 9.53. The highest BCUT2D eigenvalue weighted by molar-refractivity contribution is 6.06. The number of benzene rings is 2. The SMILES string of the molecule is COc1ccc(C(C#N)(C(C)=O)C(C#N)(C(C)=O)c2ccc(OC)c(OC)c2)cc1OC. The number of nitriles is 2. The van der Waals surface area contributed by atoms with E-state index in [2.05, 4.69) is 0 Å². The van der Waals surface area contributed by atoms with Gasteiger partial charge in [0, 0.05) is 0 Å². The van der Waals surface area contributed by atoms with Gasteiger partial charge in [-0.1, -0.05) is 12.1 Å². The van der Waals surface area contributed by atoms with Gasteiger partial charge in [0.2, 0.25) is 0 Å². The zero-order valence-corrected chi connectivity index (χ0v) is 18.8. The van der Waals surface area contributed by atoms with Gasteiger partial charge in [-0.3, -0.25) is 9.59 Å². The molecule has 0 amide bonds. The highest BCUT2D eigenvalue weighted by atomic mass is 16.5. The van der Waals surface area contributed by atoms with Crippen molar-refractivity contribution in [1.29, 1.82) is 10.5 Å². The predicted octanol–water partition coefficient (Wildman–Crippen LogP) is 3.12. The Morgan fingerprint density at radius 2 is 0.969 bits per heavy atom. The highest BCUT2D eigenvalue weighted by Crippen LogP contribution is 2.48. The second-order valence-electron chi connectivity index (χ2n) is 6.98. The normalized spacial score (nSPS) is 14.0. The van der Waals surface area contributed by atoms with Crippen molar-refractivity contribution in [3.63, 3.8) is 0 Å². The molecule has 0 aliphatic rings. The zero-order valence-electron chi connectivity index (χ0n) is 18.8. The van der Waals surface area contributed by atoms with Crippen LogP contribution in [0.2, 0.25) is 0 Å². The smallest absolute Gasteiger partial charge is 0.170 e. The van der Waals surface area contributed by atoms with E-state index in [1.54, 1.807) is 0 Å². The molecule has 2 unspecified atom stereocenters. The summed E-state index contributed by atoms with van der Waals surface area (Å²) in [5, 5.41) is 20.8. The predicted molar refractivity (Wildman–Crippen MR) is 115 cm³/mol. The van der Waals surface area contributed by atoms with Crippen LogP contribution in [0.3, 0.4) is 0 Å². The fourth-order valence-corrected chi connectivity index (χ4v) is 3.96. The third-order valence-electron chi connectivity index (χ3n) is 5.59. The van der Waals surface area contributed by atoms with E-state index in [0.29, 0.717) is 11.5 Å². The maximum Gasteiger partial charge on any atom is 0.170 e. The summed E-state index contributed by atoms with van der Waals surface area (Å²) in [6, 6.07) is 12.8. The van der Waals surface area contributed by atoms with E-state index in [-0.39, 0.29) is 22.6 Å². The van der Waals surface area contributed by atoms with E-state index in [1.165, 1.54) is 78.7 Å². The minimum absolute atomic E-state index is 0.122. The molecule has 8 nitrogen and oxygen atoms in total. The van der Waals surface area contributed by atoms with Crippen LogP contribution in [-0.2, 0) is 20.4 Å². The lowest BCUT2D eigenvalue weighted by atomic mass is 9.54. The Balaban J connectivity index is 3.03. The van der Waals surface area contributed by atoms with E-state index < -0.39 is 22.4 Å². The third kappa shape index (κ3) is 3.40. The van der Waals surface area contributed by atoms with Crippen molar-refractivity contribution >= 4 is 11.6 Å². The van der Waals surface area contributed by atoms with Crippen LogP contribution in [0.5, 0.6) is 23.0 Å². The fourth-order valence-electron chi connectivity index (χ4n) is 3.96. The molecular weight excluding hydrogens is 412 g/mol. The highest BCUT2D eigenvalue weighted by Gasteiger charge is 2.62. The maximum absolute atomic E-state index is 13.2. The van der Waals surface area contributed by atoms with Gasteiger partial charge in [0.05, 0.1) is 40.6 Å². The molecule has 0 N–H and O–H groups in total. The van der Waals surface area contributed by atoms with E-state index in [0.717, 1.165) is 0 Å². The van der Waals surface area contributed by atoms with Crippen LogP contribution in [0, 0.1) is 22.7 Å². The Morgan fingerprint density at radius 3 is 1.19 bits per heavy atom. The number of carbonyl (C=O) groups excluding carboxylic acids is 2. The van der Waals surface area contributed by atoms with Crippen molar-refractivity contribution in [2.45, 2.75) is 24.7 Å². The van der Waals surface area contributed by atoms with Crippen LogP contribution in [0.15, 0.2) is 36.4 Å². The molecule has 2 atom stereocenters. The number of carbonyl (C=O) groups is 2. The number of rotatable bonds is 9. The molecule has 0 bridgehead atoms. The van der Waals surface area contributed by atoms with Crippen LogP contribution >= 0.6 is 0 Å². The third-order valence-corrected chi connectivity index (χ3v) is 5.59. The molecule has 32 heavy (non-hydrogen) atoms. The lowest BCUT2D eigenvalue weighted by molar-refractivity contribution is -0.130. The van der Waals surface area contributed by atoms with Crippen molar-refractivity contribution in [1.82, 2.24) is 0 Å². The molecule has 0 aliphatic heterocycles. The average Bonchev–Trinajstić information content (AvgIpc) is 2.81. The van der Waals surface area contributed by atoms with Crippen molar-refractivity contribution in [3.8, 4) is 35.1 Å². The summed E-state index contributed by atoms with van der Waals surface area (Å²) in [6.45, 7) is 2.35. The van der Waals surface area contributed by atoms with Crippen LogP contribution in [0.1, 0.15) is 25.0 Å². The molecule has 0 aromatic heterocycles. The summed E-state index contributed by atoms with van der Waals surface area (Å²) < 4.78 is 21.1. The molecule has 2 rings (SSSR count). The number of Topliss-reactive ketones (excluding diaryl/α,β-unsaturated/α-hetero) is 2. The Kier molecular flexibility index (Phi) is 7.12. The van der Waals surface area contributed by atoms with Gasteiger partial charge in [0.25, 0.3) is 0 Å². The zero-order chi connectivity index (χ0) is 24.1. The molecular formula is C24H24N2O6. The fraction of sp³-hybridized carbons (Fsp3) is 0.333. The second kappa shape index (κ2) is 9.40. The Bertz CT molecular complexity index is 1040. The lowest BCUT2D eigenvalue weighted by Gasteiger charge is -2.39. The minimum Gasteiger partial charge on any atom is -0.493 e. The van der Waals surface area contributed by atoms with Crippen molar-refractivity contribution in [3.05, 3.63) is 47.5 Å². The molecule has 0 saturated heterocycles. The van der Waals surface area contributed by atoms with Crippen molar-refractivity contribution < 1.29 is 28.5 Å². The molecule has 0 heterocycles. The molecule has 0 radical (unpaired) electrons. The summed E-state index contributed by atoms with van der Waals surface area (Å²) in [4.78, 5) is 26.3. The molecule has 2 aromatic carbocycles. The molecule has 0 saturated carbocycles. The molecule has 166 valence electrons. The summed E-state index contributed by atoms with van der Waals surface area (Å²) in [6.07, 6.45) is 0.